The summed E-state index contributed by atoms with van der Waals surface area (Å²) in [6, 6.07) is 5.40. The standard InChI is InChI=1S/C21H22N8O2/c22-18(30)16-9-24-21(26-13-8-25-29(11-13)10-12-4-5-12)28-19(16)27-17-3-1-2-15-14(17)6-7-23-20(15)31/h1-3,8-9,11-12H,4-7,10H2,(H2,22,30)(H,23,31)(H2,24,26,27,28). The van der Waals surface area contributed by atoms with Gasteiger partial charge in [0.15, 0.2) is 0 Å². The van der Waals surface area contributed by atoms with E-state index in [0.717, 1.165) is 17.8 Å². The van der Waals surface area contributed by atoms with Crippen LogP contribution in [0.5, 0.6) is 0 Å². The summed E-state index contributed by atoms with van der Waals surface area (Å²) in [7, 11) is 0. The molecule has 10 heteroatoms. The van der Waals surface area contributed by atoms with Crippen LogP contribution in [0.3, 0.4) is 0 Å². The first-order valence-electron chi connectivity index (χ1n) is 10.2. The van der Waals surface area contributed by atoms with Gasteiger partial charge in [0.05, 0.1) is 11.9 Å². The minimum atomic E-state index is -0.645. The summed E-state index contributed by atoms with van der Waals surface area (Å²) in [4.78, 5) is 32.8. The van der Waals surface area contributed by atoms with Crippen molar-refractivity contribution < 1.29 is 9.59 Å². The van der Waals surface area contributed by atoms with E-state index in [9.17, 15) is 9.59 Å². The number of hydrogen-bond acceptors (Lipinski definition) is 7. The van der Waals surface area contributed by atoms with Crippen LogP contribution < -0.4 is 21.7 Å². The summed E-state index contributed by atoms with van der Waals surface area (Å²) in [5.74, 6) is 0.534. The molecule has 1 aromatic carbocycles. The predicted octanol–water partition coefficient (Wildman–Crippen LogP) is 1.96. The summed E-state index contributed by atoms with van der Waals surface area (Å²) in [5.41, 5.74) is 8.63. The minimum Gasteiger partial charge on any atom is -0.365 e. The van der Waals surface area contributed by atoms with Crippen molar-refractivity contribution in [3.63, 3.8) is 0 Å². The van der Waals surface area contributed by atoms with E-state index in [4.69, 9.17) is 5.73 Å². The fourth-order valence-corrected chi connectivity index (χ4v) is 3.65. The maximum atomic E-state index is 12.1. The summed E-state index contributed by atoms with van der Waals surface area (Å²) >= 11 is 0. The molecule has 3 heterocycles. The number of rotatable bonds is 7. The SMILES string of the molecule is NC(=O)c1cnc(Nc2cnn(CC3CC3)c2)nc1Nc1cccc2c1CCNC2=O. The van der Waals surface area contributed by atoms with Crippen molar-refractivity contribution in [2.45, 2.75) is 25.8 Å². The quantitative estimate of drug-likeness (QED) is 0.460. The molecule has 2 aliphatic rings. The Morgan fingerprint density at radius 2 is 2.13 bits per heavy atom. The maximum absolute atomic E-state index is 12.1. The molecule has 0 radical (unpaired) electrons. The Morgan fingerprint density at radius 3 is 2.94 bits per heavy atom. The van der Waals surface area contributed by atoms with E-state index < -0.39 is 5.91 Å². The number of aromatic nitrogens is 4. The highest BCUT2D eigenvalue weighted by Gasteiger charge is 2.23. The van der Waals surface area contributed by atoms with Gasteiger partial charge in [-0.3, -0.25) is 14.3 Å². The van der Waals surface area contributed by atoms with Gasteiger partial charge in [0, 0.05) is 36.7 Å². The van der Waals surface area contributed by atoms with Gasteiger partial charge < -0.3 is 21.7 Å². The molecule has 0 spiro atoms. The lowest BCUT2D eigenvalue weighted by atomic mass is 9.98. The second-order valence-electron chi connectivity index (χ2n) is 7.80. The first-order chi connectivity index (χ1) is 15.1. The Balaban J connectivity index is 1.42. The molecule has 10 nitrogen and oxygen atoms in total. The topological polar surface area (TPSA) is 140 Å². The molecule has 2 amide bonds. The number of anilines is 4. The monoisotopic (exact) mass is 418 g/mol. The number of amides is 2. The second-order valence-corrected chi connectivity index (χ2v) is 7.80. The van der Waals surface area contributed by atoms with E-state index in [0.29, 0.717) is 36.1 Å². The molecule has 31 heavy (non-hydrogen) atoms. The van der Waals surface area contributed by atoms with Crippen LogP contribution >= 0.6 is 0 Å². The van der Waals surface area contributed by atoms with Gasteiger partial charge in [-0.25, -0.2) is 4.98 Å². The van der Waals surface area contributed by atoms with Crippen LogP contribution in [-0.4, -0.2) is 38.1 Å². The van der Waals surface area contributed by atoms with Crippen LogP contribution in [-0.2, 0) is 13.0 Å². The van der Waals surface area contributed by atoms with Crippen molar-refractivity contribution >= 4 is 35.0 Å². The lowest BCUT2D eigenvalue weighted by Crippen LogP contribution is -2.32. The van der Waals surface area contributed by atoms with Crippen molar-refractivity contribution in [3.8, 4) is 0 Å². The number of nitrogens with one attached hydrogen (secondary N) is 3. The van der Waals surface area contributed by atoms with Crippen LogP contribution in [0.4, 0.5) is 23.1 Å². The van der Waals surface area contributed by atoms with Crippen LogP contribution in [0.25, 0.3) is 0 Å². The van der Waals surface area contributed by atoms with E-state index in [1.807, 2.05) is 16.9 Å². The van der Waals surface area contributed by atoms with Gasteiger partial charge in [-0.1, -0.05) is 6.07 Å². The largest absolute Gasteiger partial charge is 0.365 e. The normalized spacial score (nSPS) is 15.2. The molecule has 0 atom stereocenters. The number of benzene rings is 1. The Hall–Kier alpha value is -3.95. The number of carbonyl (C=O) groups is 2. The fourth-order valence-electron chi connectivity index (χ4n) is 3.65. The first-order valence-corrected chi connectivity index (χ1v) is 10.2. The maximum Gasteiger partial charge on any atom is 0.254 e. The highest BCUT2D eigenvalue weighted by molar-refractivity contribution is 6.00. The van der Waals surface area contributed by atoms with Gasteiger partial charge in [-0.05, 0) is 42.9 Å². The summed E-state index contributed by atoms with van der Waals surface area (Å²) in [6.07, 6.45) is 8.18. The minimum absolute atomic E-state index is 0.117. The highest BCUT2D eigenvalue weighted by atomic mass is 16.2. The van der Waals surface area contributed by atoms with E-state index >= 15 is 0 Å². The fraction of sp³-hybridized carbons (Fsp3) is 0.286. The zero-order chi connectivity index (χ0) is 21.4. The smallest absolute Gasteiger partial charge is 0.254 e. The van der Waals surface area contributed by atoms with Crippen molar-refractivity contribution in [1.82, 2.24) is 25.1 Å². The van der Waals surface area contributed by atoms with E-state index in [2.05, 4.69) is 31.0 Å². The Labute approximate surface area is 178 Å². The predicted molar refractivity (Wildman–Crippen MR) is 115 cm³/mol. The average Bonchev–Trinajstić information content (AvgIpc) is 3.46. The number of nitrogens with zero attached hydrogens (tertiary/aromatic N) is 4. The van der Waals surface area contributed by atoms with Crippen molar-refractivity contribution in [2.24, 2.45) is 11.7 Å². The number of nitrogens with two attached hydrogens (primary N) is 1. The zero-order valence-corrected chi connectivity index (χ0v) is 16.8. The summed E-state index contributed by atoms with van der Waals surface area (Å²) in [5, 5.41) is 13.5. The third kappa shape index (κ3) is 4.04. The third-order valence-electron chi connectivity index (χ3n) is 5.42. The molecule has 5 rings (SSSR count). The van der Waals surface area contributed by atoms with Gasteiger partial charge in [-0.2, -0.15) is 10.1 Å². The zero-order valence-electron chi connectivity index (χ0n) is 16.8. The number of carbonyl (C=O) groups excluding carboxylic acids is 2. The third-order valence-corrected chi connectivity index (χ3v) is 5.42. The first kappa shape index (κ1) is 19.0. The van der Waals surface area contributed by atoms with Gasteiger partial charge in [-0.15, -0.1) is 0 Å². The van der Waals surface area contributed by atoms with Gasteiger partial charge in [0.2, 0.25) is 5.95 Å². The van der Waals surface area contributed by atoms with Crippen molar-refractivity contribution in [1.29, 1.82) is 0 Å². The molecule has 5 N–H and O–H groups in total. The molecule has 0 saturated heterocycles. The number of primary amides is 1. The van der Waals surface area contributed by atoms with Gasteiger partial charge in [0.1, 0.15) is 11.4 Å². The summed E-state index contributed by atoms with van der Waals surface area (Å²) < 4.78 is 1.90. The van der Waals surface area contributed by atoms with E-state index in [1.165, 1.54) is 19.0 Å². The number of hydrogen-bond donors (Lipinski definition) is 4. The Kier molecular flexibility index (Phi) is 4.73. The lowest BCUT2D eigenvalue weighted by molar-refractivity contribution is 0.0944. The van der Waals surface area contributed by atoms with Gasteiger partial charge in [0.25, 0.3) is 11.8 Å². The average molecular weight is 418 g/mol. The Morgan fingerprint density at radius 1 is 1.26 bits per heavy atom. The molecular weight excluding hydrogens is 396 g/mol. The molecule has 1 fully saturated rings. The molecule has 1 aliphatic heterocycles. The van der Waals surface area contributed by atoms with Crippen LogP contribution in [0, 0.1) is 5.92 Å². The van der Waals surface area contributed by atoms with Gasteiger partial charge >= 0.3 is 0 Å². The van der Waals surface area contributed by atoms with Crippen LogP contribution in [0.1, 0.15) is 39.1 Å². The molecular formula is C21H22N8O2. The lowest BCUT2D eigenvalue weighted by Gasteiger charge is -2.20. The molecule has 158 valence electrons. The second kappa shape index (κ2) is 7.71. The van der Waals surface area contributed by atoms with E-state index in [1.54, 1.807) is 18.3 Å². The highest BCUT2D eigenvalue weighted by Crippen LogP contribution is 2.31. The van der Waals surface area contributed by atoms with Crippen molar-refractivity contribution in [3.05, 3.63) is 53.5 Å². The molecule has 0 unspecified atom stereocenters. The van der Waals surface area contributed by atoms with Crippen LogP contribution in [0.2, 0.25) is 0 Å². The Bertz CT molecular complexity index is 1170. The molecule has 3 aromatic rings. The molecule has 2 aromatic heterocycles. The molecule has 1 aliphatic carbocycles. The molecule has 0 bridgehead atoms. The van der Waals surface area contributed by atoms with Crippen molar-refractivity contribution in [2.75, 3.05) is 17.2 Å². The molecule has 1 saturated carbocycles. The number of fused-ring (bicyclic) bond motifs is 1. The summed E-state index contributed by atoms with van der Waals surface area (Å²) in [6.45, 7) is 1.46. The van der Waals surface area contributed by atoms with Crippen LogP contribution in [0.15, 0.2) is 36.8 Å². The van der Waals surface area contributed by atoms with E-state index in [-0.39, 0.29) is 17.3 Å².